The van der Waals surface area contributed by atoms with E-state index in [4.69, 9.17) is 10.2 Å². The van der Waals surface area contributed by atoms with Crippen LogP contribution in [0.5, 0.6) is 0 Å². The summed E-state index contributed by atoms with van der Waals surface area (Å²) in [5.74, 6) is 1.31. The molecule has 2 saturated carbocycles. The van der Waals surface area contributed by atoms with Gasteiger partial charge in [-0.2, -0.15) is 0 Å². The second kappa shape index (κ2) is 3.76. The van der Waals surface area contributed by atoms with Gasteiger partial charge in [-0.1, -0.05) is 6.42 Å². The maximum atomic E-state index is 11.8. The molecule has 0 aromatic heterocycles. The van der Waals surface area contributed by atoms with Crippen molar-refractivity contribution in [3.8, 4) is 0 Å². The molecule has 86 valence electrons. The highest BCUT2D eigenvalue weighted by Crippen LogP contribution is 2.57. The minimum absolute atomic E-state index is 0.00954. The molecule has 0 aromatic rings. The second-order valence-corrected chi connectivity index (χ2v) is 5.15. The number of aliphatic hydroxyl groups is 2. The number of carbonyl (C=O) groups is 1. The Morgan fingerprint density at radius 1 is 1.33 bits per heavy atom. The highest BCUT2D eigenvalue weighted by molar-refractivity contribution is 5.83. The third kappa shape index (κ3) is 1.88. The van der Waals surface area contributed by atoms with Crippen LogP contribution in [0.2, 0.25) is 0 Å². The van der Waals surface area contributed by atoms with Crippen LogP contribution in [0.4, 0.5) is 0 Å². The Bertz CT molecular complexity index is 253. The van der Waals surface area contributed by atoms with Crippen LogP contribution in [0.25, 0.3) is 0 Å². The average Bonchev–Trinajstić information content (AvgIpc) is 2.73. The summed E-state index contributed by atoms with van der Waals surface area (Å²) in [4.78, 5) is 11.8. The fraction of sp³-hybridized carbons (Fsp3) is 0.909. The standard InChI is InChI=1S/C11H19NO3/c1-11(5-13,6-14)12-10(15)9-7-3-2-4-8(7)9/h7-9,13-14H,2-6H2,1H3,(H,12,15). The largest absolute Gasteiger partial charge is 0.394 e. The van der Waals surface area contributed by atoms with E-state index in [-0.39, 0.29) is 25.0 Å². The SMILES string of the molecule is CC(CO)(CO)NC(=O)C1C2CCCC21. The predicted molar refractivity (Wildman–Crippen MR) is 55.0 cm³/mol. The van der Waals surface area contributed by atoms with Gasteiger partial charge in [0.15, 0.2) is 0 Å². The fourth-order valence-corrected chi connectivity index (χ4v) is 2.72. The highest BCUT2D eigenvalue weighted by atomic mass is 16.3. The van der Waals surface area contributed by atoms with Crippen molar-refractivity contribution in [3.05, 3.63) is 0 Å². The third-order valence-electron chi connectivity index (χ3n) is 3.83. The van der Waals surface area contributed by atoms with E-state index in [1.165, 1.54) is 6.42 Å². The molecule has 0 heterocycles. The average molecular weight is 213 g/mol. The Kier molecular flexibility index (Phi) is 2.73. The lowest BCUT2D eigenvalue weighted by Gasteiger charge is -2.26. The Balaban J connectivity index is 1.88. The molecule has 0 aliphatic heterocycles. The van der Waals surface area contributed by atoms with Gasteiger partial charge < -0.3 is 15.5 Å². The molecule has 2 atom stereocenters. The zero-order chi connectivity index (χ0) is 11.1. The van der Waals surface area contributed by atoms with Crippen molar-refractivity contribution in [1.29, 1.82) is 0 Å². The van der Waals surface area contributed by atoms with Gasteiger partial charge in [-0.25, -0.2) is 0 Å². The molecular formula is C11H19NO3. The van der Waals surface area contributed by atoms with Crippen LogP contribution < -0.4 is 5.32 Å². The van der Waals surface area contributed by atoms with Crippen LogP contribution in [0.3, 0.4) is 0 Å². The van der Waals surface area contributed by atoms with E-state index in [9.17, 15) is 4.79 Å². The quantitative estimate of drug-likeness (QED) is 0.610. The number of hydrogen-bond donors (Lipinski definition) is 3. The zero-order valence-corrected chi connectivity index (χ0v) is 9.07. The van der Waals surface area contributed by atoms with Crippen molar-refractivity contribution < 1.29 is 15.0 Å². The molecule has 2 aliphatic carbocycles. The molecule has 4 heteroatoms. The van der Waals surface area contributed by atoms with Crippen LogP contribution in [0, 0.1) is 17.8 Å². The molecule has 0 aromatic carbocycles. The van der Waals surface area contributed by atoms with Crippen molar-refractivity contribution in [2.24, 2.45) is 17.8 Å². The summed E-state index contributed by atoms with van der Waals surface area (Å²) in [6.07, 6.45) is 3.58. The van der Waals surface area contributed by atoms with E-state index in [0.717, 1.165) is 12.8 Å². The van der Waals surface area contributed by atoms with Crippen molar-refractivity contribution in [3.63, 3.8) is 0 Å². The Morgan fingerprint density at radius 2 is 1.87 bits per heavy atom. The maximum absolute atomic E-state index is 11.8. The first-order valence-corrected chi connectivity index (χ1v) is 5.65. The number of fused-ring (bicyclic) bond motifs is 1. The van der Waals surface area contributed by atoms with Crippen LogP contribution in [0.1, 0.15) is 26.2 Å². The third-order valence-corrected chi connectivity index (χ3v) is 3.83. The predicted octanol–water partition coefficient (Wildman–Crippen LogP) is -0.108. The summed E-state index contributed by atoms with van der Waals surface area (Å²) in [5.41, 5.74) is -0.867. The van der Waals surface area contributed by atoms with Gasteiger partial charge in [0.2, 0.25) is 5.91 Å². The smallest absolute Gasteiger partial charge is 0.224 e. The molecule has 0 bridgehead atoms. The van der Waals surface area contributed by atoms with E-state index < -0.39 is 5.54 Å². The Hall–Kier alpha value is -0.610. The topological polar surface area (TPSA) is 69.6 Å². The number of rotatable bonds is 4. The fourth-order valence-electron chi connectivity index (χ4n) is 2.72. The molecule has 15 heavy (non-hydrogen) atoms. The molecule has 2 rings (SSSR count). The normalized spacial score (nSPS) is 33.7. The van der Waals surface area contributed by atoms with Crippen LogP contribution >= 0.6 is 0 Å². The number of aliphatic hydroxyl groups excluding tert-OH is 2. The lowest BCUT2D eigenvalue weighted by Crippen LogP contribution is -2.52. The first-order chi connectivity index (χ1) is 7.11. The van der Waals surface area contributed by atoms with Gasteiger partial charge in [-0.3, -0.25) is 4.79 Å². The van der Waals surface area contributed by atoms with Gasteiger partial charge in [0.1, 0.15) is 0 Å². The lowest BCUT2D eigenvalue weighted by molar-refractivity contribution is -0.126. The summed E-state index contributed by atoms with van der Waals surface area (Å²) in [6, 6.07) is 0. The van der Waals surface area contributed by atoms with Crippen LogP contribution in [-0.4, -0.2) is 34.9 Å². The minimum Gasteiger partial charge on any atom is -0.394 e. The summed E-state index contributed by atoms with van der Waals surface area (Å²) in [6.45, 7) is 1.21. The number of amides is 1. The van der Waals surface area contributed by atoms with Gasteiger partial charge >= 0.3 is 0 Å². The maximum Gasteiger partial charge on any atom is 0.224 e. The molecule has 1 amide bonds. The molecule has 2 fully saturated rings. The van der Waals surface area contributed by atoms with Crippen LogP contribution in [0.15, 0.2) is 0 Å². The van der Waals surface area contributed by atoms with E-state index in [1.807, 2.05) is 0 Å². The molecule has 0 saturated heterocycles. The van der Waals surface area contributed by atoms with E-state index in [2.05, 4.69) is 5.32 Å². The van der Waals surface area contributed by atoms with Gasteiger partial charge in [0.05, 0.1) is 18.8 Å². The van der Waals surface area contributed by atoms with E-state index in [0.29, 0.717) is 11.8 Å². The van der Waals surface area contributed by atoms with Crippen molar-refractivity contribution in [2.45, 2.75) is 31.7 Å². The Morgan fingerprint density at radius 3 is 2.33 bits per heavy atom. The van der Waals surface area contributed by atoms with Crippen molar-refractivity contribution >= 4 is 5.91 Å². The molecule has 2 unspecified atom stereocenters. The van der Waals surface area contributed by atoms with Crippen molar-refractivity contribution in [2.75, 3.05) is 13.2 Å². The van der Waals surface area contributed by atoms with E-state index in [1.54, 1.807) is 6.92 Å². The first kappa shape index (κ1) is 10.9. The monoisotopic (exact) mass is 213 g/mol. The second-order valence-electron chi connectivity index (χ2n) is 5.15. The molecule has 4 nitrogen and oxygen atoms in total. The minimum atomic E-state index is -0.867. The summed E-state index contributed by atoms with van der Waals surface area (Å²) in [5, 5.41) is 20.9. The van der Waals surface area contributed by atoms with E-state index >= 15 is 0 Å². The zero-order valence-electron chi connectivity index (χ0n) is 9.07. The summed E-state index contributed by atoms with van der Waals surface area (Å²) >= 11 is 0. The number of hydrogen-bond acceptors (Lipinski definition) is 3. The van der Waals surface area contributed by atoms with Crippen molar-refractivity contribution in [1.82, 2.24) is 5.32 Å². The molecule has 2 aliphatic rings. The van der Waals surface area contributed by atoms with Gasteiger partial charge in [0, 0.05) is 5.92 Å². The van der Waals surface area contributed by atoms with Crippen LogP contribution in [-0.2, 0) is 4.79 Å². The van der Waals surface area contributed by atoms with Gasteiger partial charge in [-0.15, -0.1) is 0 Å². The molecular weight excluding hydrogens is 194 g/mol. The van der Waals surface area contributed by atoms with Gasteiger partial charge in [-0.05, 0) is 31.6 Å². The summed E-state index contributed by atoms with van der Waals surface area (Å²) in [7, 11) is 0. The lowest BCUT2D eigenvalue weighted by atomic mass is 10.0. The number of carbonyl (C=O) groups excluding carboxylic acids is 1. The molecule has 3 N–H and O–H groups in total. The summed E-state index contributed by atoms with van der Waals surface area (Å²) < 4.78 is 0. The molecule has 0 radical (unpaired) electrons. The van der Waals surface area contributed by atoms with Gasteiger partial charge in [0.25, 0.3) is 0 Å². The first-order valence-electron chi connectivity index (χ1n) is 5.65. The number of nitrogens with one attached hydrogen (secondary N) is 1. The highest BCUT2D eigenvalue weighted by Gasteiger charge is 2.57. The molecule has 0 spiro atoms. The Labute approximate surface area is 89.7 Å².